The number of nitrogens with zero attached hydrogens (tertiary/aromatic N) is 1. The normalized spacial score (nSPS) is 14.2. The van der Waals surface area contributed by atoms with Gasteiger partial charge in [0, 0.05) is 14.7 Å². The maximum absolute atomic E-state index is 13.0. The van der Waals surface area contributed by atoms with Gasteiger partial charge in [-0.3, -0.25) is 9.69 Å². The maximum Gasteiger partial charge on any atom is 0.348 e. The Labute approximate surface area is 171 Å². The molecule has 2 aliphatic rings. The highest BCUT2D eigenvalue weighted by Gasteiger charge is 2.29. The van der Waals surface area contributed by atoms with Crippen molar-refractivity contribution < 1.29 is 14.3 Å². The summed E-state index contributed by atoms with van der Waals surface area (Å²) in [6, 6.07) is 17.5. The fraction of sp³-hybridized carbons (Fsp3) is 0.182. The maximum atomic E-state index is 13.0. The smallest absolute Gasteiger partial charge is 0.348 e. The molecule has 0 saturated heterocycles. The second-order valence-corrected chi connectivity index (χ2v) is 8.98. The van der Waals surface area contributed by atoms with Gasteiger partial charge >= 0.3 is 5.97 Å². The lowest BCUT2D eigenvalue weighted by molar-refractivity contribution is -0.121. The van der Waals surface area contributed by atoms with Gasteiger partial charge in [-0.2, -0.15) is 0 Å². The van der Waals surface area contributed by atoms with Crippen molar-refractivity contribution in [2.75, 3.05) is 11.5 Å². The van der Waals surface area contributed by atoms with Crippen LogP contribution in [-0.4, -0.2) is 18.5 Å². The summed E-state index contributed by atoms with van der Waals surface area (Å²) in [5.74, 6) is -0.668. The molecule has 0 fully saturated rings. The molecule has 3 aromatic rings. The highest BCUT2D eigenvalue weighted by atomic mass is 32.2. The summed E-state index contributed by atoms with van der Waals surface area (Å²) >= 11 is 3.13. The van der Waals surface area contributed by atoms with E-state index in [4.69, 9.17) is 4.74 Å². The van der Waals surface area contributed by atoms with E-state index in [-0.39, 0.29) is 12.5 Å². The highest BCUT2D eigenvalue weighted by molar-refractivity contribution is 7.99. The number of aryl methyl sites for hydroxylation is 2. The largest absolute Gasteiger partial charge is 0.451 e. The van der Waals surface area contributed by atoms with Crippen LogP contribution in [0.25, 0.3) is 0 Å². The molecule has 1 amide bonds. The monoisotopic (exact) mass is 407 g/mol. The zero-order valence-electron chi connectivity index (χ0n) is 15.0. The van der Waals surface area contributed by atoms with Gasteiger partial charge in [0.25, 0.3) is 5.91 Å². The van der Waals surface area contributed by atoms with E-state index in [9.17, 15) is 9.59 Å². The summed E-state index contributed by atoms with van der Waals surface area (Å²) in [4.78, 5) is 31.0. The molecule has 2 aromatic carbocycles. The third-order valence-corrected chi connectivity index (χ3v) is 7.30. The van der Waals surface area contributed by atoms with Crippen LogP contribution in [0.1, 0.15) is 26.5 Å². The van der Waals surface area contributed by atoms with E-state index in [1.807, 2.05) is 54.6 Å². The number of para-hydroxylation sites is 2. The van der Waals surface area contributed by atoms with Gasteiger partial charge in [-0.25, -0.2) is 4.79 Å². The van der Waals surface area contributed by atoms with E-state index in [0.717, 1.165) is 40.4 Å². The lowest BCUT2D eigenvalue weighted by Gasteiger charge is -2.30. The molecule has 5 rings (SSSR count). The summed E-state index contributed by atoms with van der Waals surface area (Å²) in [6.45, 7) is -0.283. The number of benzene rings is 2. The van der Waals surface area contributed by atoms with Gasteiger partial charge in [-0.05, 0) is 55.2 Å². The predicted octanol–water partition coefficient (Wildman–Crippen LogP) is 5.22. The van der Waals surface area contributed by atoms with Crippen molar-refractivity contribution in [2.24, 2.45) is 0 Å². The predicted molar refractivity (Wildman–Crippen MR) is 111 cm³/mol. The number of carbonyl (C=O) groups excluding carboxylic acids is 2. The van der Waals surface area contributed by atoms with E-state index in [1.165, 1.54) is 21.8 Å². The molecule has 4 nitrogen and oxygen atoms in total. The minimum atomic E-state index is -0.416. The van der Waals surface area contributed by atoms with Gasteiger partial charge in [0.05, 0.1) is 11.4 Å². The Kier molecular flexibility index (Phi) is 4.45. The van der Waals surface area contributed by atoms with Crippen molar-refractivity contribution in [3.8, 4) is 0 Å². The summed E-state index contributed by atoms with van der Waals surface area (Å²) < 4.78 is 5.38. The van der Waals surface area contributed by atoms with E-state index in [1.54, 1.807) is 16.7 Å². The fourth-order valence-corrected chi connectivity index (χ4v) is 5.87. The number of hydrogen-bond donors (Lipinski definition) is 0. The topological polar surface area (TPSA) is 46.6 Å². The Balaban J connectivity index is 1.37. The Hall–Kier alpha value is -2.57. The quantitative estimate of drug-likeness (QED) is 0.558. The Morgan fingerprint density at radius 2 is 1.64 bits per heavy atom. The van der Waals surface area contributed by atoms with Crippen LogP contribution in [0.2, 0.25) is 0 Å². The number of rotatable bonds is 3. The number of thiophene rings is 1. The summed E-state index contributed by atoms with van der Waals surface area (Å²) in [6.07, 6.45) is 3.21. The second kappa shape index (κ2) is 7.11. The molecule has 1 aromatic heterocycles. The zero-order chi connectivity index (χ0) is 19.1. The number of hydrogen-bond acceptors (Lipinski definition) is 5. The van der Waals surface area contributed by atoms with Crippen molar-refractivity contribution in [3.63, 3.8) is 0 Å². The lowest BCUT2D eigenvalue weighted by Crippen LogP contribution is -2.32. The van der Waals surface area contributed by atoms with Crippen molar-refractivity contribution in [2.45, 2.75) is 29.1 Å². The molecule has 1 aliphatic carbocycles. The molecular weight excluding hydrogens is 390 g/mol. The molecule has 0 spiro atoms. The first-order valence-electron chi connectivity index (χ1n) is 9.18. The van der Waals surface area contributed by atoms with Crippen LogP contribution in [0.5, 0.6) is 0 Å². The van der Waals surface area contributed by atoms with E-state index in [0.29, 0.717) is 4.88 Å². The number of carbonyl (C=O) groups is 2. The molecule has 1 aliphatic heterocycles. The first kappa shape index (κ1) is 17.5. The van der Waals surface area contributed by atoms with Crippen molar-refractivity contribution in [1.29, 1.82) is 0 Å². The molecule has 0 N–H and O–H groups in total. The van der Waals surface area contributed by atoms with Crippen molar-refractivity contribution in [3.05, 3.63) is 69.9 Å². The van der Waals surface area contributed by atoms with Crippen LogP contribution in [0.4, 0.5) is 11.4 Å². The lowest BCUT2D eigenvalue weighted by atomic mass is 10.2. The number of esters is 1. The van der Waals surface area contributed by atoms with Crippen LogP contribution in [0.3, 0.4) is 0 Å². The number of anilines is 2. The molecule has 0 saturated carbocycles. The Morgan fingerprint density at radius 1 is 0.964 bits per heavy atom. The van der Waals surface area contributed by atoms with Crippen LogP contribution in [-0.2, 0) is 22.4 Å². The third-order valence-electron chi connectivity index (χ3n) is 4.96. The van der Waals surface area contributed by atoms with Gasteiger partial charge in [0.1, 0.15) is 4.88 Å². The molecule has 6 heteroatoms. The molecule has 0 bridgehead atoms. The summed E-state index contributed by atoms with van der Waals surface area (Å²) in [5, 5.41) is 0. The van der Waals surface area contributed by atoms with Crippen molar-refractivity contribution in [1.82, 2.24) is 0 Å². The Bertz CT molecular complexity index is 1020. The number of ether oxygens (including phenoxy) is 1. The molecule has 28 heavy (non-hydrogen) atoms. The third kappa shape index (κ3) is 3.02. The molecular formula is C22H17NO3S2. The Morgan fingerprint density at radius 3 is 2.32 bits per heavy atom. The van der Waals surface area contributed by atoms with Crippen LogP contribution in [0, 0.1) is 0 Å². The molecule has 140 valence electrons. The van der Waals surface area contributed by atoms with E-state index in [2.05, 4.69) is 0 Å². The van der Waals surface area contributed by atoms with Gasteiger partial charge in [-0.1, -0.05) is 36.0 Å². The van der Waals surface area contributed by atoms with Crippen molar-refractivity contribution >= 4 is 46.3 Å². The van der Waals surface area contributed by atoms with Crippen LogP contribution < -0.4 is 4.90 Å². The van der Waals surface area contributed by atoms with E-state index < -0.39 is 5.97 Å². The SMILES string of the molecule is O=C(OCC(=O)N1c2ccccc2Sc2ccccc21)c1cc2c(s1)CCC2. The molecule has 2 heterocycles. The van der Waals surface area contributed by atoms with Gasteiger partial charge in [0.15, 0.2) is 6.61 Å². The van der Waals surface area contributed by atoms with Gasteiger partial charge < -0.3 is 4.74 Å². The summed E-state index contributed by atoms with van der Waals surface area (Å²) in [7, 11) is 0. The summed E-state index contributed by atoms with van der Waals surface area (Å²) in [5.41, 5.74) is 2.89. The van der Waals surface area contributed by atoms with Crippen LogP contribution in [0.15, 0.2) is 64.4 Å². The number of amides is 1. The standard InChI is InChI=1S/C22H17NO3S2/c24-21(13-26-22(25)20-12-14-6-5-11-17(14)27-20)23-15-7-1-3-9-18(15)28-19-10-4-2-8-16(19)23/h1-4,7-10,12H,5-6,11,13H2. The minimum absolute atomic E-state index is 0.252. The zero-order valence-corrected chi connectivity index (χ0v) is 16.6. The average molecular weight is 408 g/mol. The van der Waals surface area contributed by atoms with Crippen LogP contribution >= 0.6 is 23.1 Å². The second-order valence-electron chi connectivity index (χ2n) is 6.76. The first-order valence-corrected chi connectivity index (χ1v) is 10.8. The first-order chi connectivity index (χ1) is 13.7. The molecule has 0 unspecified atom stereocenters. The molecule has 0 atom stereocenters. The average Bonchev–Trinajstić information content (AvgIpc) is 3.32. The van der Waals surface area contributed by atoms with Gasteiger partial charge in [-0.15, -0.1) is 11.3 Å². The van der Waals surface area contributed by atoms with E-state index >= 15 is 0 Å². The molecule has 0 radical (unpaired) electrons. The van der Waals surface area contributed by atoms with Gasteiger partial charge in [0.2, 0.25) is 0 Å². The number of fused-ring (bicyclic) bond motifs is 3. The fourth-order valence-electron chi connectivity index (χ4n) is 3.67. The highest BCUT2D eigenvalue weighted by Crippen LogP contribution is 2.47. The minimum Gasteiger partial charge on any atom is -0.451 e.